The molecule has 0 nitrogen and oxygen atoms in total. The minimum absolute atomic E-state index is 0.538. The summed E-state index contributed by atoms with van der Waals surface area (Å²) in [6, 6.07) is 0. The predicted octanol–water partition coefficient (Wildman–Crippen LogP) is 3.67. The fourth-order valence-corrected chi connectivity index (χ4v) is 2.14. The Kier molecular flexibility index (Phi) is 2.61. The third-order valence-electron chi connectivity index (χ3n) is 3.29. The van der Waals surface area contributed by atoms with Crippen LogP contribution in [0.25, 0.3) is 0 Å². The van der Waals surface area contributed by atoms with Crippen LogP contribution in [0.4, 0.5) is 0 Å². The number of hydrogen-bond acceptors (Lipinski definition) is 0. The van der Waals surface area contributed by atoms with Crippen LogP contribution in [0, 0.1) is 23.7 Å². The van der Waals surface area contributed by atoms with Crippen molar-refractivity contribution in [2.24, 2.45) is 17.3 Å². The van der Waals surface area contributed by atoms with Crippen molar-refractivity contribution in [1.29, 1.82) is 0 Å². The van der Waals surface area contributed by atoms with Crippen molar-refractivity contribution >= 4 is 0 Å². The van der Waals surface area contributed by atoms with Gasteiger partial charge in [0.2, 0.25) is 0 Å². The van der Waals surface area contributed by atoms with E-state index in [0.717, 1.165) is 11.8 Å². The van der Waals surface area contributed by atoms with E-state index in [2.05, 4.69) is 34.1 Å². The molecule has 1 rings (SSSR count). The van der Waals surface area contributed by atoms with Crippen molar-refractivity contribution in [2.75, 3.05) is 0 Å². The van der Waals surface area contributed by atoms with E-state index in [1.807, 2.05) is 0 Å². The third-order valence-corrected chi connectivity index (χ3v) is 3.29. The van der Waals surface area contributed by atoms with Gasteiger partial charge in [0.05, 0.1) is 0 Å². The maximum absolute atomic E-state index is 2.50. The third kappa shape index (κ3) is 2.21. The summed E-state index contributed by atoms with van der Waals surface area (Å²) in [6.07, 6.45) is 6.62. The summed E-state index contributed by atoms with van der Waals surface area (Å²) >= 11 is 0. The summed E-state index contributed by atoms with van der Waals surface area (Å²) in [6.45, 7) is 9.54. The van der Waals surface area contributed by atoms with Gasteiger partial charge in [0.25, 0.3) is 0 Å². The van der Waals surface area contributed by atoms with E-state index in [9.17, 15) is 0 Å². The quantitative estimate of drug-likeness (QED) is 0.466. The zero-order chi connectivity index (χ0) is 8.48. The molecule has 0 aliphatic heterocycles. The van der Waals surface area contributed by atoms with Gasteiger partial charge < -0.3 is 0 Å². The van der Waals surface area contributed by atoms with Crippen LogP contribution in [0.2, 0.25) is 0 Å². The summed E-state index contributed by atoms with van der Waals surface area (Å²) < 4.78 is 0. The number of hydrogen-bond donors (Lipinski definition) is 0. The molecule has 0 aromatic rings. The molecular weight excluding hydrogens is 132 g/mol. The highest BCUT2D eigenvalue weighted by molar-refractivity contribution is 4.89. The Morgan fingerprint density at radius 3 is 2.55 bits per heavy atom. The molecule has 0 spiro atoms. The van der Waals surface area contributed by atoms with E-state index >= 15 is 0 Å². The fourth-order valence-electron chi connectivity index (χ4n) is 2.14. The monoisotopic (exact) mass is 153 g/mol. The van der Waals surface area contributed by atoms with Crippen LogP contribution in [0.5, 0.6) is 0 Å². The second-order valence-electron chi connectivity index (χ2n) is 4.90. The molecule has 65 valence electrons. The van der Waals surface area contributed by atoms with E-state index in [1.54, 1.807) is 0 Å². The fraction of sp³-hybridized carbons (Fsp3) is 0.909. The van der Waals surface area contributed by atoms with Crippen molar-refractivity contribution in [1.82, 2.24) is 0 Å². The van der Waals surface area contributed by atoms with Gasteiger partial charge in [-0.15, -0.1) is 0 Å². The van der Waals surface area contributed by atoms with Crippen molar-refractivity contribution in [2.45, 2.75) is 47.0 Å². The molecule has 0 aromatic carbocycles. The molecule has 1 aliphatic carbocycles. The lowest BCUT2D eigenvalue weighted by Crippen LogP contribution is -2.21. The van der Waals surface area contributed by atoms with Gasteiger partial charge in [-0.2, -0.15) is 0 Å². The lowest BCUT2D eigenvalue weighted by atomic mass is 9.75. The van der Waals surface area contributed by atoms with E-state index in [4.69, 9.17) is 0 Å². The normalized spacial score (nSPS) is 38.2. The van der Waals surface area contributed by atoms with Gasteiger partial charge in [0.1, 0.15) is 0 Å². The molecule has 1 saturated carbocycles. The van der Waals surface area contributed by atoms with Crippen LogP contribution < -0.4 is 0 Å². The molecule has 0 bridgehead atoms. The summed E-state index contributed by atoms with van der Waals surface area (Å²) in [5.41, 5.74) is 0.538. The smallest absolute Gasteiger partial charge is 0.0323 e. The van der Waals surface area contributed by atoms with Crippen molar-refractivity contribution in [3.8, 4) is 0 Å². The van der Waals surface area contributed by atoms with Crippen LogP contribution in [0.1, 0.15) is 47.0 Å². The van der Waals surface area contributed by atoms with Gasteiger partial charge in [-0.05, 0) is 36.5 Å². The van der Waals surface area contributed by atoms with Gasteiger partial charge in [-0.3, -0.25) is 0 Å². The first kappa shape index (κ1) is 9.09. The zero-order valence-corrected chi connectivity index (χ0v) is 8.35. The highest BCUT2D eigenvalue weighted by Crippen LogP contribution is 2.40. The molecule has 1 fully saturated rings. The minimum atomic E-state index is 0.538. The standard InChI is InChI=1S/C11H21/c1-9-6-5-7-10(2)11(3,4)8-9/h7,9-10H,5-6,8H2,1-4H3. The van der Waals surface area contributed by atoms with Crippen molar-refractivity contribution < 1.29 is 0 Å². The van der Waals surface area contributed by atoms with Crippen LogP contribution >= 0.6 is 0 Å². The highest BCUT2D eigenvalue weighted by Gasteiger charge is 2.29. The lowest BCUT2D eigenvalue weighted by molar-refractivity contribution is 0.219. The summed E-state index contributed by atoms with van der Waals surface area (Å²) in [7, 11) is 0. The number of rotatable bonds is 0. The van der Waals surface area contributed by atoms with Gasteiger partial charge in [-0.25, -0.2) is 0 Å². The maximum Gasteiger partial charge on any atom is -0.0323 e. The molecule has 11 heavy (non-hydrogen) atoms. The molecular formula is C11H21. The van der Waals surface area contributed by atoms with Crippen molar-refractivity contribution in [3.05, 3.63) is 6.42 Å². The second-order valence-corrected chi connectivity index (χ2v) is 4.90. The van der Waals surface area contributed by atoms with E-state index < -0.39 is 0 Å². The van der Waals surface area contributed by atoms with Gasteiger partial charge in [-0.1, -0.05) is 34.1 Å². The second kappa shape index (κ2) is 3.16. The summed E-state index contributed by atoms with van der Waals surface area (Å²) in [5.74, 6) is 1.72. The van der Waals surface area contributed by atoms with E-state index in [0.29, 0.717) is 5.41 Å². The molecule has 2 unspecified atom stereocenters. The molecule has 0 N–H and O–H groups in total. The Hall–Kier alpha value is 0. The van der Waals surface area contributed by atoms with Crippen LogP contribution in [-0.4, -0.2) is 0 Å². The Labute approximate surface area is 71.4 Å². The molecule has 2 atom stereocenters. The Balaban J connectivity index is 2.60. The van der Waals surface area contributed by atoms with E-state index in [-0.39, 0.29) is 0 Å². The van der Waals surface area contributed by atoms with E-state index in [1.165, 1.54) is 19.3 Å². The topological polar surface area (TPSA) is 0 Å². The average molecular weight is 153 g/mol. The highest BCUT2D eigenvalue weighted by atomic mass is 14.3. The first-order valence-corrected chi connectivity index (χ1v) is 4.86. The zero-order valence-electron chi connectivity index (χ0n) is 8.35. The van der Waals surface area contributed by atoms with Crippen molar-refractivity contribution in [3.63, 3.8) is 0 Å². The van der Waals surface area contributed by atoms with Gasteiger partial charge in [0, 0.05) is 0 Å². The molecule has 0 amide bonds. The summed E-state index contributed by atoms with van der Waals surface area (Å²) in [4.78, 5) is 0. The van der Waals surface area contributed by atoms with Crippen LogP contribution in [0.15, 0.2) is 0 Å². The van der Waals surface area contributed by atoms with Crippen LogP contribution in [-0.2, 0) is 0 Å². The van der Waals surface area contributed by atoms with Gasteiger partial charge in [0.15, 0.2) is 0 Å². The lowest BCUT2D eigenvalue weighted by Gasteiger charge is -2.31. The Morgan fingerprint density at radius 1 is 1.27 bits per heavy atom. The first-order valence-electron chi connectivity index (χ1n) is 4.86. The molecule has 0 aromatic heterocycles. The predicted molar refractivity (Wildman–Crippen MR) is 50.3 cm³/mol. The molecule has 1 aliphatic rings. The summed E-state index contributed by atoms with van der Waals surface area (Å²) in [5, 5.41) is 0. The average Bonchev–Trinajstić information content (AvgIpc) is 1.93. The van der Waals surface area contributed by atoms with Gasteiger partial charge >= 0.3 is 0 Å². The Bertz CT molecular complexity index is 124. The van der Waals surface area contributed by atoms with Crippen LogP contribution in [0.3, 0.4) is 0 Å². The first-order chi connectivity index (χ1) is 5.02. The maximum atomic E-state index is 2.50. The largest absolute Gasteiger partial charge is 0.0625 e. The molecule has 0 heterocycles. The molecule has 1 radical (unpaired) electrons. The molecule has 0 heteroatoms. The Morgan fingerprint density at radius 2 is 1.91 bits per heavy atom. The minimum Gasteiger partial charge on any atom is -0.0625 e. The molecule has 0 saturated heterocycles. The SMILES string of the molecule is CC1CC[CH]C(C)C(C)(C)C1.